The van der Waals surface area contributed by atoms with Gasteiger partial charge in [0, 0.05) is 9.79 Å². The van der Waals surface area contributed by atoms with Gasteiger partial charge in [-0.15, -0.1) is 0 Å². The third kappa shape index (κ3) is 7.94. The standard InChI is InChI=1S/C16H18O9S3/c17-26(15-5-1-13(2-6-15)24-9-11-27(18,19)20)16-7-3-14(4-8-16)25-10-12-28(21,22)23/h1-8H,9-12H2,(H,18,19,20)(H,21,22,23). The Morgan fingerprint density at radius 3 is 1.29 bits per heavy atom. The molecule has 154 valence electrons. The molecule has 0 atom stereocenters. The fourth-order valence-electron chi connectivity index (χ4n) is 1.98. The Morgan fingerprint density at radius 1 is 0.679 bits per heavy atom. The van der Waals surface area contributed by atoms with E-state index in [-0.39, 0.29) is 13.2 Å². The molecule has 0 amide bonds. The topological polar surface area (TPSA) is 144 Å². The molecule has 0 aromatic heterocycles. The van der Waals surface area contributed by atoms with E-state index in [1.807, 2.05) is 0 Å². The summed E-state index contributed by atoms with van der Waals surface area (Å²) in [5.41, 5.74) is 0. The Kier molecular flexibility index (Phi) is 7.55. The van der Waals surface area contributed by atoms with Gasteiger partial charge in [0.2, 0.25) is 0 Å². The number of benzene rings is 2. The molecule has 0 unspecified atom stereocenters. The Bertz CT molecular complexity index is 929. The summed E-state index contributed by atoms with van der Waals surface area (Å²) >= 11 is 0. The molecule has 0 radical (unpaired) electrons. The lowest BCUT2D eigenvalue weighted by Crippen LogP contribution is -2.12. The van der Waals surface area contributed by atoms with E-state index in [4.69, 9.17) is 18.6 Å². The van der Waals surface area contributed by atoms with Gasteiger partial charge in [-0.3, -0.25) is 9.11 Å². The largest absolute Gasteiger partial charge is 0.492 e. The van der Waals surface area contributed by atoms with E-state index in [2.05, 4.69) is 0 Å². The van der Waals surface area contributed by atoms with Crippen LogP contribution in [-0.4, -0.2) is 54.9 Å². The molecule has 2 aromatic rings. The van der Waals surface area contributed by atoms with E-state index >= 15 is 0 Å². The van der Waals surface area contributed by atoms with Crippen LogP contribution < -0.4 is 9.47 Å². The SMILES string of the molecule is O=S(c1ccc(OCCS(=O)(=O)O)cc1)c1ccc(OCCS(=O)(=O)O)cc1. The fourth-order valence-corrected chi connectivity index (χ4v) is 3.61. The third-order valence-electron chi connectivity index (χ3n) is 3.30. The molecule has 2 aromatic carbocycles. The molecule has 0 aliphatic rings. The van der Waals surface area contributed by atoms with Crippen molar-refractivity contribution in [1.82, 2.24) is 0 Å². The molecule has 9 nitrogen and oxygen atoms in total. The van der Waals surface area contributed by atoms with E-state index < -0.39 is 42.5 Å². The maximum Gasteiger partial charge on any atom is 0.268 e. The summed E-state index contributed by atoms with van der Waals surface area (Å²) in [6.45, 7) is -0.416. The zero-order valence-corrected chi connectivity index (χ0v) is 16.9. The Balaban J connectivity index is 1.94. The average Bonchev–Trinajstić information content (AvgIpc) is 2.60. The summed E-state index contributed by atoms with van der Waals surface area (Å²) in [6, 6.07) is 12.4. The van der Waals surface area contributed by atoms with Crippen molar-refractivity contribution in [2.75, 3.05) is 24.7 Å². The lowest BCUT2D eigenvalue weighted by Gasteiger charge is -2.08. The Morgan fingerprint density at radius 2 is 1.00 bits per heavy atom. The summed E-state index contributed by atoms with van der Waals surface area (Å²) in [7, 11) is -9.68. The summed E-state index contributed by atoms with van der Waals surface area (Å²) in [6.07, 6.45) is 0. The van der Waals surface area contributed by atoms with E-state index in [1.54, 1.807) is 24.3 Å². The first kappa shape index (κ1) is 22.3. The lowest BCUT2D eigenvalue weighted by molar-refractivity contribution is 0.335. The molecule has 0 saturated heterocycles. The van der Waals surface area contributed by atoms with Crippen LogP contribution in [0, 0.1) is 0 Å². The normalized spacial score (nSPS) is 12.1. The summed E-state index contributed by atoms with van der Waals surface area (Å²) < 4.78 is 82.8. The highest BCUT2D eigenvalue weighted by molar-refractivity contribution is 7.86. The monoisotopic (exact) mass is 450 g/mol. The van der Waals surface area contributed by atoms with E-state index in [1.165, 1.54) is 24.3 Å². The molecule has 0 aliphatic heterocycles. The van der Waals surface area contributed by atoms with Crippen LogP contribution in [0.25, 0.3) is 0 Å². The second-order valence-corrected chi connectivity index (χ2v) is 10.1. The highest BCUT2D eigenvalue weighted by Gasteiger charge is 2.10. The van der Waals surface area contributed by atoms with Gasteiger partial charge in [0.05, 0.1) is 10.8 Å². The van der Waals surface area contributed by atoms with Gasteiger partial charge in [-0.1, -0.05) is 0 Å². The van der Waals surface area contributed by atoms with Crippen molar-refractivity contribution in [1.29, 1.82) is 0 Å². The molecule has 0 bridgehead atoms. The van der Waals surface area contributed by atoms with Gasteiger partial charge in [0.1, 0.15) is 36.2 Å². The van der Waals surface area contributed by atoms with Crippen LogP contribution in [0.15, 0.2) is 58.3 Å². The summed E-state index contributed by atoms with van der Waals surface area (Å²) in [5.74, 6) is -0.322. The van der Waals surface area contributed by atoms with Gasteiger partial charge >= 0.3 is 0 Å². The van der Waals surface area contributed by atoms with E-state index in [0.717, 1.165) is 0 Å². The first-order chi connectivity index (χ1) is 13.0. The molecule has 0 fully saturated rings. The first-order valence-electron chi connectivity index (χ1n) is 7.81. The van der Waals surface area contributed by atoms with Crippen LogP contribution in [0.4, 0.5) is 0 Å². The van der Waals surface area contributed by atoms with Crippen LogP contribution in [0.2, 0.25) is 0 Å². The van der Waals surface area contributed by atoms with Crippen LogP contribution in [0.3, 0.4) is 0 Å². The maximum absolute atomic E-state index is 12.6. The minimum Gasteiger partial charge on any atom is -0.492 e. The summed E-state index contributed by atoms with van der Waals surface area (Å²) in [5, 5.41) is 0. The molecule has 0 heterocycles. The maximum atomic E-state index is 12.6. The smallest absolute Gasteiger partial charge is 0.268 e. The van der Waals surface area contributed by atoms with E-state index in [0.29, 0.717) is 21.3 Å². The molecular weight excluding hydrogens is 432 g/mol. The van der Waals surface area contributed by atoms with Crippen molar-refractivity contribution in [2.24, 2.45) is 0 Å². The first-order valence-corrected chi connectivity index (χ1v) is 12.2. The van der Waals surface area contributed by atoms with Crippen LogP contribution >= 0.6 is 0 Å². The molecule has 2 N–H and O–H groups in total. The van der Waals surface area contributed by atoms with Crippen LogP contribution in [0.5, 0.6) is 11.5 Å². The van der Waals surface area contributed by atoms with Crippen molar-refractivity contribution in [2.45, 2.75) is 9.79 Å². The quantitative estimate of drug-likeness (QED) is 0.513. The summed E-state index contributed by atoms with van der Waals surface area (Å²) in [4.78, 5) is 0.976. The van der Waals surface area contributed by atoms with Crippen molar-refractivity contribution in [3.8, 4) is 11.5 Å². The van der Waals surface area contributed by atoms with Gasteiger partial charge in [-0.2, -0.15) is 16.8 Å². The fraction of sp³-hybridized carbons (Fsp3) is 0.250. The second-order valence-electron chi connectivity index (χ2n) is 5.48. The van der Waals surface area contributed by atoms with Gasteiger partial charge in [-0.25, -0.2) is 4.21 Å². The van der Waals surface area contributed by atoms with Gasteiger partial charge < -0.3 is 9.47 Å². The van der Waals surface area contributed by atoms with Gasteiger partial charge in [0.15, 0.2) is 0 Å². The van der Waals surface area contributed by atoms with Crippen LogP contribution in [0.1, 0.15) is 0 Å². The van der Waals surface area contributed by atoms with Crippen molar-refractivity contribution in [3.05, 3.63) is 48.5 Å². The zero-order chi connectivity index (χ0) is 20.8. The van der Waals surface area contributed by atoms with E-state index in [9.17, 15) is 21.0 Å². The number of hydrogen-bond donors (Lipinski definition) is 2. The van der Waals surface area contributed by atoms with Crippen LogP contribution in [-0.2, 0) is 31.0 Å². The second kappa shape index (κ2) is 9.47. The lowest BCUT2D eigenvalue weighted by atomic mass is 10.3. The Hall–Kier alpha value is -1.99. The molecule has 0 aliphatic carbocycles. The molecule has 0 saturated carbocycles. The Labute approximate surface area is 165 Å². The molecular formula is C16H18O9S3. The minimum atomic E-state index is -4.09. The minimum absolute atomic E-state index is 0.208. The van der Waals surface area contributed by atoms with Crippen molar-refractivity contribution in [3.63, 3.8) is 0 Å². The van der Waals surface area contributed by atoms with Gasteiger partial charge in [-0.05, 0) is 48.5 Å². The molecule has 0 spiro atoms. The predicted molar refractivity (Wildman–Crippen MR) is 101 cm³/mol. The zero-order valence-electron chi connectivity index (χ0n) is 14.4. The number of hydrogen-bond acceptors (Lipinski definition) is 7. The average molecular weight is 451 g/mol. The van der Waals surface area contributed by atoms with Crippen molar-refractivity contribution < 1.29 is 39.6 Å². The van der Waals surface area contributed by atoms with Crippen molar-refractivity contribution >= 4 is 31.0 Å². The highest BCUT2D eigenvalue weighted by atomic mass is 32.2. The molecule has 2 rings (SSSR count). The molecule has 28 heavy (non-hydrogen) atoms. The molecule has 12 heteroatoms. The predicted octanol–water partition coefficient (Wildman–Crippen LogP) is 1.39. The third-order valence-corrected chi connectivity index (χ3v) is 6.06. The highest BCUT2D eigenvalue weighted by Crippen LogP contribution is 2.22. The number of ether oxygens (including phenoxy) is 2. The van der Waals surface area contributed by atoms with Gasteiger partial charge in [0.25, 0.3) is 20.2 Å². The number of rotatable bonds is 10.